The molecule has 2 atom stereocenters. The van der Waals surface area contributed by atoms with Crippen molar-refractivity contribution in [2.45, 2.75) is 46.1 Å². The lowest BCUT2D eigenvalue weighted by Gasteiger charge is -2.45. The Morgan fingerprint density at radius 3 is 2.38 bits per heavy atom. The van der Waals surface area contributed by atoms with Crippen LogP contribution in [0.3, 0.4) is 0 Å². The second-order valence-corrected chi connectivity index (χ2v) is 9.97. The van der Waals surface area contributed by atoms with Gasteiger partial charge in [-0.15, -0.1) is 0 Å². The lowest BCUT2D eigenvalue weighted by atomic mass is 9.70. The highest BCUT2D eigenvalue weighted by molar-refractivity contribution is 6.30. The van der Waals surface area contributed by atoms with E-state index in [9.17, 15) is 9.59 Å². The molecule has 2 aromatic rings. The molecule has 0 spiro atoms. The Morgan fingerprint density at radius 1 is 1.12 bits per heavy atom. The molecule has 1 aliphatic heterocycles. The van der Waals surface area contributed by atoms with Gasteiger partial charge in [0.2, 0.25) is 5.91 Å². The van der Waals surface area contributed by atoms with Gasteiger partial charge in [0.05, 0.1) is 0 Å². The number of nitrogens with one attached hydrogen (secondary N) is 1. The maximum atomic E-state index is 13.4. The Balaban J connectivity index is 1.62. The number of likely N-dealkylation sites (tertiary alicyclic amines) is 1. The van der Waals surface area contributed by atoms with E-state index in [0.717, 1.165) is 11.4 Å². The molecule has 5 nitrogen and oxygen atoms in total. The monoisotopic (exact) mass is 456 g/mol. The molecule has 2 amide bonds. The first-order valence-electron chi connectivity index (χ1n) is 11.2. The average Bonchev–Trinajstić information content (AvgIpc) is 2.76. The number of piperidine rings is 1. The summed E-state index contributed by atoms with van der Waals surface area (Å²) in [6, 6.07) is 16.6. The van der Waals surface area contributed by atoms with Crippen molar-refractivity contribution in [3.05, 3.63) is 65.2 Å². The zero-order chi connectivity index (χ0) is 23.3. The molecule has 0 aromatic heterocycles. The van der Waals surface area contributed by atoms with E-state index < -0.39 is 6.04 Å². The number of para-hydroxylation sites is 1. The number of amides is 2. The third-order valence-electron chi connectivity index (χ3n) is 6.18. The molecule has 0 saturated carbocycles. The predicted octanol–water partition coefficient (Wildman–Crippen LogP) is 4.90. The second kappa shape index (κ2) is 10.4. The molecular formula is C26H33ClN2O3. The van der Waals surface area contributed by atoms with Gasteiger partial charge in [0, 0.05) is 18.1 Å². The highest BCUT2D eigenvalue weighted by Gasteiger charge is 2.40. The van der Waals surface area contributed by atoms with Crippen LogP contribution in [0.1, 0.15) is 45.6 Å². The summed E-state index contributed by atoms with van der Waals surface area (Å²) in [7, 11) is 0. The summed E-state index contributed by atoms with van der Waals surface area (Å²) >= 11 is 6.05. The fraction of sp³-hybridized carbons (Fsp3) is 0.462. The number of hydrogen-bond acceptors (Lipinski definition) is 3. The summed E-state index contributed by atoms with van der Waals surface area (Å²) in [4.78, 5) is 27.8. The fourth-order valence-electron chi connectivity index (χ4n) is 4.45. The van der Waals surface area contributed by atoms with Crippen LogP contribution < -0.4 is 10.1 Å². The number of benzene rings is 2. The van der Waals surface area contributed by atoms with Crippen molar-refractivity contribution in [1.29, 1.82) is 0 Å². The number of hydrogen-bond donors (Lipinski definition) is 1. The van der Waals surface area contributed by atoms with Crippen molar-refractivity contribution in [3.63, 3.8) is 0 Å². The molecule has 1 heterocycles. The summed E-state index contributed by atoms with van der Waals surface area (Å²) in [5, 5.41) is 3.62. The van der Waals surface area contributed by atoms with E-state index in [4.69, 9.17) is 16.3 Å². The van der Waals surface area contributed by atoms with Crippen LogP contribution in [0, 0.1) is 11.3 Å². The molecule has 32 heavy (non-hydrogen) atoms. The largest absolute Gasteiger partial charge is 0.484 e. The highest BCUT2D eigenvalue weighted by atomic mass is 35.5. The topological polar surface area (TPSA) is 58.6 Å². The van der Waals surface area contributed by atoms with Gasteiger partial charge >= 0.3 is 0 Å². The Hall–Kier alpha value is -2.53. The van der Waals surface area contributed by atoms with Crippen LogP contribution in [0.25, 0.3) is 0 Å². The van der Waals surface area contributed by atoms with Gasteiger partial charge in [-0.25, -0.2) is 0 Å². The van der Waals surface area contributed by atoms with E-state index in [0.29, 0.717) is 24.8 Å². The maximum Gasteiger partial charge on any atom is 0.258 e. The minimum Gasteiger partial charge on any atom is -0.484 e. The van der Waals surface area contributed by atoms with E-state index in [1.54, 1.807) is 12.1 Å². The first-order chi connectivity index (χ1) is 15.2. The Morgan fingerprint density at radius 2 is 1.78 bits per heavy atom. The van der Waals surface area contributed by atoms with Gasteiger partial charge in [-0.1, -0.05) is 69.6 Å². The number of halogens is 1. The summed E-state index contributed by atoms with van der Waals surface area (Å²) in [5.74, 6) is 0.614. The first kappa shape index (κ1) is 24.1. The maximum absolute atomic E-state index is 13.4. The molecule has 0 aliphatic carbocycles. The first-order valence-corrected chi connectivity index (χ1v) is 11.6. The number of ether oxygens (including phenoxy) is 1. The van der Waals surface area contributed by atoms with Crippen LogP contribution in [0.5, 0.6) is 5.75 Å². The second-order valence-electron chi connectivity index (χ2n) is 9.53. The van der Waals surface area contributed by atoms with Crippen molar-refractivity contribution in [2.75, 3.05) is 19.7 Å². The van der Waals surface area contributed by atoms with Gasteiger partial charge < -0.3 is 15.0 Å². The Bertz CT molecular complexity index is 912. The smallest absolute Gasteiger partial charge is 0.258 e. The SMILES string of the molecule is CC(C)[C@@H](NC(=O)COc1ccccc1)C(=O)N1CC[C@H](c2ccc(Cl)cc2)C(C)(C)C1. The summed E-state index contributed by atoms with van der Waals surface area (Å²) < 4.78 is 5.53. The van der Waals surface area contributed by atoms with E-state index in [2.05, 4.69) is 31.3 Å². The van der Waals surface area contributed by atoms with Gasteiger partial charge in [0.1, 0.15) is 11.8 Å². The molecule has 1 fully saturated rings. The third kappa shape index (κ3) is 6.04. The summed E-state index contributed by atoms with van der Waals surface area (Å²) in [6.07, 6.45) is 0.871. The van der Waals surface area contributed by atoms with Gasteiger partial charge in [-0.05, 0) is 53.5 Å². The van der Waals surface area contributed by atoms with Crippen molar-refractivity contribution in [1.82, 2.24) is 10.2 Å². The van der Waals surface area contributed by atoms with E-state index >= 15 is 0 Å². The highest BCUT2D eigenvalue weighted by Crippen LogP contribution is 2.42. The van der Waals surface area contributed by atoms with E-state index in [1.807, 2.05) is 49.1 Å². The number of carbonyl (C=O) groups excluding carboxylic acids is 2. The molecule has 1 N–H and O–H groups in total. The molecule has 6 heteroatoms. The number of nitrogens with zero attached hydrogens (tertiary/aromatic N) is 1. The Kier molecular flexibility index (Phi) is 7.83. The van der Waals surface area contributed by atoms with Gasteiger partial charge in [0.25, 0.3) is 5.91 Å². The standard InChI is InChI=1S/C26H33ClN2O3/c1-18(2)24(28-23(30)16-32-21-8-6-5-7-9-21)25(31)29-15-14-22(26(3,4)17-29)19-10-12-20(27)13-11-19/h5-13,18,22,24H,14-17H2,1-4H3,(H,28,30)/t22-,24-/m1/s1. The van der Waals surface area contributed by atoms with Crippen LogP contribution >= 0.6 is 11.6 Å². The van der Waals surface area contributed by atoms with Gasteiger partial charge in [0.15, 0.2) is 6.61 Å². The van der Waals surface area contributed by atoms with Crippen LogP contribution in [-0.2, 0) is 9.59 Å². The number of rotatable bonds is 7. The van der Waals surface area contributed by atoms with Gasteiger partial charge in [-0.3, -0.25) is 9.59 Å². The normalized spacial score (nSPS) is 18.8. The summed E-state index contributed by atoms with van der Waals surface area (Å²) in [6.45, 7) is 9.47. The van der Waals surface area contributed by atoms with E-state index in [1.165, 1.54) is 5.56 Å². The molecule has 172 valence electrons. The minimum absolute atomic E-state index is 0.0275. The van der Waals surface area contributed by atoms with Crippen LogP contribution in [0.4, 0.5) is 0 Å². The average molecular weight is 457 g/mol. The third-order valence-corrected chi connectivity index (χ3v) is 6.43. The minimum atomic E-state index is -0.579. The molecule has 1 saturated heterocycles. The molecule has 1 aliphatic rings. The fourth-order valence-corrected chi connectivity index (χ4v) is 4.57. The van der Waals surface area contributed by atoms with Crippen LogP contribution in [0.15, 0.2) is 54.6 Å². The van der Waals surface area contributed by atoms with Gasteiger partial charge in [-0.2, -0.15) is 0 Å². The van der Waals surface area contributed by atoms with Crippen molar-refractivity contribution >= 4 is 23.4 Å². The van der Waals surface area contributed by atoms with Crippen molar-refractivity contribution in [3.8, 4) is 5.75 Å². The van der Waals surface area contributed by atoms with Crippen molar-refractivity contribution in [2.24, 2.45) is 11.3 Å². The molecule has 0 unspecified atom stereocenters. The molecule has 0 radical (unpaired) electrons. The van der Waals surface area contributed by atoms with E-state index in [-0.39, 0.29) is 29.8 Å². The quantitative estimate of drug-likeness (QED) is 0.644. The lowest BCUT2D eigenvalue weighted by molar-refractivity contribution is -0.141. The summed E-state index contributed by atoms with van der Waals surface area (Å²) in [5.41, 5.74) is 1.15. The predicted molar refractivity (Wildman–Crippen MR) is 128 cm³/mol. The zero-order valence-electron chi connectivity index (χ0n) is 19.3. The molecular weight excluding hydrogens is 424 g/mol. The molecule has 0 bridgehead atoms. The number of carbonyl (C=O) groups is 2. The molecule has 3 rings (SSSR count). The lowest BCUT2D eigenvalue weighted by Crippen LogP contribution is -2.56. The van der Waals surface area contributed by atoms with Crippen molar-refractivity contribution < 1.29 is 14.3 Å². The zero-order valence-corrected chi connectivity index (χ0v) is 20.1. The molecule has 2 aromatic carbocycles. The van der Waals surface area contributed by atoms with Crippen LogP contribution in [-0.4, -0.2) is 42.5 Å². The Labute approximate surface area is 196 Å². The van der Waals surface area contributed by atoms with Crippen LogP contribution in [0.2, 0.25) is 5.02 Å².